The molecule has 160 valence electrons. The molecule has 3 aromatic rings. The van der Waals surface area contributed by atoms with Gasteiger partial charge in [0.15, 0.2) is 5.65 Å². The summed E-state index contributed by atoms with van der Waals surface area (Å²) in [5.41, 5.74) is 2.63. The van der Waals surface area contributed by atoms with Gasteiger partial charge in [0.2, 0.25) is 0 Å². The molecule has 0 aromatic carbocycles. The van der Waals surface area contributed by atoms with Crippen LogP contribution >= 0.6 is 0 Å². The molecule has 7 nitrogen and oxygen atoms in total. The van der Waals surface area contributed by atoms with Gasteiger partial charge in [0, 0.05) is 18.6 Å². The third kappa shape index (κ3) is 4.73. The summed E-state index contributed by atoms with van der Waals surface area (Å²) in [7, 11) is 0. The molecule has 5 rings (SSSR count). The van der Waals surface area contributed by atoms with E-state index in [1.165, 1.54) is 32.1 Å². The molecule has 0 bridgehead atoms. The molecule has 1 saturated heterocycles. The first-order valence-corrected chi connectivity index (χ1v) is 11.4. The number of pyridine rings is 1. The molecule has 0 radical (unpaired) electrons. The zero-order valence-electron chi connectivity index (χ0n) is 18.1. The summed E-state index contributed by atoms with van der Waals surface area (Å²) in [6.45, 7) is 6.05. The summed E-state index contributed by atoms with van der Waals surface area (Å²) < 4.78 is 1.90. The van der Waals surface area contributed by atoms with Crippen molar-refractivity contribution in [2.75, 3.05) is 23.7 Å². The van der Waals surface area contributed by atoms with Crippen LogP contribution in [0.25, 0.3) is 17.0 Å². The molecule has 1 aliphatic heterocycles. The fourth-order valence-corrected chi connectivity index (χ4v) is 4.23. The van der Waals surface area contributed by atoms with Crippen LogP contribution in [0.1, 0.15) is 52.4 Å². The fraction of sp³-hybridized carbons (Fsp3) is 0.522. The Kier molecular flexibility index (Phi) is 6.79. The summed E-state index contributed by atoms with van der Waals surface area (Å²) in [6, 6.07) is 11.1. The highest BCUT2D eigenvalue weighted by molar-refractivity contribution is 5.62. The molecule has 2 fully saturated rings. The van der Waals surface area contributed by atoms with E-state index in [0.29, 0.717) is 12.1 Å². The van der Waals surface area contributed by atoms with E-state index in [9.17, 15) is 0 Å². The van der Waals surface area contributed by atoms with Crippen LogP contribution in [0.3, 0.4) is 0 Å². The van der Waals surface area contributed by atoms with E-state index in [-0.39, 0.29) is 0 Å². The summed E-state index contributed by atoms with van der Waals surface area (Å²) in [5, 5.41) is 15.3. The molecular weight excluding hydrogens is 374 g/mol. The predicted molar refractivity (Wildman–Crippen MR) is 123 cm³/mol. The van der Waals surface area contributed by atoms with Gasteiger partial charge in [-0.05, 0) is 50.1 Å². The van der Waals surface area contributed by atoms with Crippen molar-refractivity contribution in [3.05, 3.63) is 36.5 Å². The zero-order valence-corrected chi connectivity index (χ0v) is 18.1. The number of imidazole rings is 1. The largest absolute Gasteiger partial charge is 0.366 e. The average Bonchev–Trinajstić information content (AvgIpc) is 3.46. The highest BCUT2D eigenvalue weighted by Gasteiger charge is 2.17. The van der Waals surface area contributed by atoms with Crippen LogP contribution in [-0.2, 0) is 0 Å². The van der Waals surface area contributed by atoms with Gasteiger partial charge in [0.25, 0.3) is 0 Å². The van der Waals surface area contributed by atoms with Gasteiger partial charge >= 0.3 is 0 Å². The number of aromatic nitrogens is 4. The number of hydrogen-bond donors (Lipinski definition) is 3. The molecule has 7 heteroatoms. The molecule has 0 spiro atoms. The third-order valence-corrected chi connectivity index (χ3v) is 5.74. The summed E-state index contributed by atoms with van der Waals surface area (Å²) >= 11 is 0. The topological polar surface area (TPSA) is 79.2 Å². The number of nitrogens with one attached hydrogen (secondary N) is 3. The van der Waals surface area contributed by atoms with Crippen LogP contribution < -0.4 is 16.0 Å². The number of anilines is 2. The quantitative estimate of drug-likeness (QED) is 0.584. The monoisotopic (exact) mass is 407 g/mol. The van der Waals surface area contributed by atoms with Crippen molar-refractivity contribution in [3.8, 4) is 11.4 Å². The van der Waals surface area contributed by atoms with Crippen molar-refractivity contribution in [1.29, 1.82) is 0 Å². The third-order valence-electron chi connectivity index (χ3n) is 5.74. The van der Waals surface area contributed by atoms with E-state index in [0.717, 1.165) is 48.2 Å². The number of rotatable bonds is 5. The Morgan fingerprint density at radius 1 is 0.933 bits per heavy atom. The molecule has 1 aliphatic carbocycles. The number of nitrogens with zero attached hydrogens (tertiary/aromatic N) is 4. The maximum atomic E-state index is 4.81. The van der Waals surface area contributed by atoms with Gasteiger partial charge in [0.05, 0.1) is 11.9 Å². The smallest absolute Gasteiger partial charge is 0.154 e. The van der Waals surface area contributed by atoms with Gasteiger partial charge in [-0.15, -0.1) is 5.10 Å². The van der Waals surface area contributed by atoms with Crippen molar-refractivity contribution in [1.82, 2.24) is 24.9 Å². The van der Waals surface area contributed by atoms with Crippen LogP contribution in [0.15, 0.2) is 36.5 Å². The first kappa shape index (κ1) is 20.6. The fourth-order valence-electron chi connectivity index (χ4n) is 4.23. The summed E-state index contributed by atoms with van der Waals surface area (Å²) in [6.07, 6.45) is 9.38. The molecule has 30 heavy (non-hydrogen) atoms. The minimum Gasteiger partial charge on any atom is -0.366 e. The van der Waals surface area contributed by atoms with E-state index in [2.05, 4.69) is 20.9 Å². The molecule has 1 atom stereocenters. The van der Waals surface area contributed by atoms with Gasteiger partial charge < -0.3 is 16.0 Å². The lowest BCUT2D eigenvalue weighted by molar-refractivity contribution is 0.461. The minimum atomic E-state index is 0.439. The lowest BCUT2D eigenvalue weighted by Crippen LogP contribution is -2.23. The van der Waals surface area contributed by atoms with Crippen molar-refractivity contribution in [2.45, 2.75) is 64.5 Å². The van der Waals surface area contributed by atoms with Crippen molar-refractivity contribution in [2.24, 2.45) is 0 Å². The highest BCUT2D eigenvalue weighted by Crippen LogP contribution is 2.23. The van der Waals surface area contributed by atoms with Gasteiger partial charge in [-0.1, -0.05) is 39.2 Å². The van der Waals surface area contributed by atoms with Crippen LogP contribution in [-0.4, -0.2) is 44.8 Å². The Morgan fingerprint density at radius 2 is 1.77 bits per heavy atom. The minimum absolute atomic E-state index is 0.439. The molecular formula is C23H33N7. The Morgan fingerprint density at radius 3 is 2.57 bits per heavy atom. The average molecular weight is 408 g/mol. The molecule has 3 N–H and O–H groups in total. The summed E-state index contributed by atoms with van der Waals surface area (Å²) in [5.74, 6) is 1.81. The molecule has 1 saturated carbocycles. The first-order valence-electron chi connectivity index (χ1n) is 11.4. The predicted octanol–water partition coefficient (Wildman–Crippen LogP) is 4.34. The maximum Gasteiger partial charge on any atom is 0.154 e. The second kappa shape index (κ2) is 9.89. The van der Waals surface area contributed by atoms with Crippen LogP contribution in [0.4, 0.5) is 11.6 Å². The van der Waals surface area contributed by atoms with Crippen molar-refractivity contribution < 1.29 is 0 Å². The molecule has 3 aromatic heterocycles. The second-order valence-corrected chi connectivity index (χ2v) is 7.85. The second-order valence-electron chi connectivity index (χ2n) is 7.85. The van der Waals surface area contributed by atoms with Gasteiger partial charge in [-0.3, -0.25) is 0 Å². The highest BCUT2D eigenvalue weighted by atomic mass is 15.3. The van der Waals surface area contributed by atoms with Crippen LogP contribution in [0.2, 0.25) is 0 Å². The first-order chi connectivity index (χ1) is 14.8. The molecule has 4 heterocycles. The van der Waals surface area contributed by atoms with E-state index >= 15 is 0 Å². The Bertz CT molecular complexity index is 940. The molecule has 2 aliphatic rings. The normalized spacial score (nSPS) is 19.3. The van der Waals surface area contributed by atoms with Gasteiger partial charge in [0.1, 0.15) is 17.3 Å². The number of fused-ring (bicyclic) bond motifs is 1. The van der Waals surface area contributed by atoms with E-state index in [1.807, 2.05) is 54.9 Å². The Hall–Kier alpha value is -2.67. The van der Waals surface area contributed by atoms with E-state index in [1.54, 1.807) is 0 Å². The Balaban J connectivity index is 0.00000106. The van der Waals surface area contributed by atoms with E-state index in [4.69, 9.17) is 10.1 Å². The van der Waals surface area contributed by atoms with Crippen molar-refractivity contribution in [3.63, 3.8) is 0 Å². The Labute approximate surface area is 178 Å². The standard InChI is InChI=1S/C21H27N7.C2H6/c1-2-5-15(6-3-1)24-20-9-10-21-23-14-18(28(21)27-20)17-7-4-8-19(26-17)25-16-11-12-22-13-16;1-2/h4,7-10,14-16,22H,1-3,5-6,11-13H2,(H,24,27)(H,25,26);1-2H3/t16-;/m1./s1. The van der Waals surface area contributed by atoms with E-state index < -0.39 is 0 Å². The molecule has 0 amide bonds. The SMILES string of the molecule is CC.c1cc(N[C@@H]2CCNC2)nc(-c2cnc3ccc(NC4CCCCC4)nn23)c1. The van der Waals surface area contributed by atoms with Gasteiger partial charge in [-0.25, -0.2) is 14.5 Å². The maximum absolute atomic E-state index is 4.81. The molecule has 0 unspecified atom stereocenters. The lowest BCUT2D eigenvalue weighted by Gasteiger charge is -2.23. The van der Waals surface area contributed by atoms with Crippen LogP contribution in [0.5, 0.6) is 0 Å². The lowest BCUT2D eigenvalue weighted by atomic mass is 9.95. The van der Waals surface area contributed by atoms with Crippen LogP contribution in [0, 0.1) is 0 Å². The summed E-state index contributed by atoms with van der Waals surface area (Å²) in [4.78, 5) is 9.33. The van der Waals surface area contributed by atoms with Gasteiger partial charge in [-0.2, -0.15) is 0 Å². The van der Waals surface area contributed by atoms with Crippen molar-refractivity contribution >= 4 is 17.3 Å². The number of hydrogen-bond acceptors (Lipinski definition) is 6. The zero-order chi connectivity index (χ0) is 20.8.